The topological polar surface area (TPSA) is 21.3 Å². The molecule has 0 heterocycles. The van der Waals surface area contributed by atoms with Crippen molar-refractivity contribution >= 4 is 11.6 Å². The van der Waals surface area contributed by atoms with Gasteiger partial charge in [0.25, 0.3) is 0 Å². The Morgan fingerprint density at radius 3 is 2.60 bits per heavy atom. The van der Waals surface area contributed by atoms with Crippen LogP contribution >= 0.6 is 11.6 Å². The van der Waals surface area contributed by atoms with Crippen molar-refractivity contribution in [2.75, 3.05) is 6.54 Å². The fourth-order valence-electron chi connectivity index (χ4n) is 3.09. The first-order valence-corrected chi connectivity index (χ1v) is 9.53. The number of hydrogen-bond acceptors (Lipinski definition) is 2. The molecule has 0 fully saturated rings. The fraction of sp³-hybridized carbons (Fsp3) is 0.364. The molecule has 2 aromatic rings. The van der Waals surface area contributed by atoms with Crippen LogP contribution in [0.1, 0.15) is 43.2 Å². The van der Waals surface area contributed by atoms with Crippen LogP contribution < -0.4 is 10.1 Å². The zero-order valence-corrected chi connectivity index (χ0v) is 15.4. The molecule has 1 aliphatic carbocycles. The number of ether oxygens (including phenoxy) is 1. The van der Waals surface area contributed by atoms with Crippen LogP contribution in [0.5, 0.6) is 5.75 Å². The molecule has 0 amide bonds. The summed E-state index contributed by atoms with van der Waals surface area (Å²) in [5, 5.41) is 4.28. The summed E-state index contributed by atoms with van der Waals surface area (Å²) in [6, 6.07) is 16.1. The van der Waals surface area contributed by atoms with Crippen LogP contribution in [0.2, 0.25) is 5.02 Å². The van der Waals surface area contributed by atoms with Crippen molar-refractivity contribution in [2.24, 2.45) is 0 Å². The maximum Gasteiger partial charge on any atom is 0.119 e. The van der Waals surface area contributed by atoms with E-state index in [0.717, 1.165) is 29.4 Å². The minimum absolute atomic E-state index is 0.492. The lowest BCUT2D eigenvalue weighted by atomic mass is 9.97. The molecule has 0 unspecified atom stereocenters. The maximum atomic E-state index is 6.15. The van der Waals surface area contributed by atoms with E-state index in [0.29, 0.717) is 6.61 Å². The van der Waals surface area contributed by atoms with E-state index in [9.17, 15) is 0 Å². The average Bonchev–Trinajstić information content (AvgIpc) is 2.66. The summed E-state index contributed by atoms with van der Waals surface area (Å²) in [6.07, 6.45) is 8.89. The van der Waals surface area contributed by atoms with Gasteiger partial charge < -0.3 is 10.1 Å². The van der Waals surface area contributed by atoms with Crippen molar-refractivity contribution in [3.8, 4) is 5.75 Å². The lowest BCUT2D eigenvalue weighted by molar-refractivity contribution is 0.306. The fourth-order valence-corrected chi connectivity index (χ4v) is 3.28. The molecule has 3 rings (SSSR count). The number of nitrogens with one attached hydrogen (secondary N) is 1. The van der Waals surface area contributed by atoms with Gasteiger partial charge in [0.15, 0.2) is 0 Å². The molecule has 0 saturated carbocycles. The second-order valence-corrected chi connectivity index (χ2v) is 6.97. The molecular formula is C22H26ClNO. The Kier molecular flexibility index (Phi) is 6.96. The molecule has 3 heteroatoms. The first-order chi connectivity index (χ1) is 12.3. The Hall–Kier alpha value is -1.77. The molecule has 132 valence electrons. The lowest BCUT2D eigenvalue weighted by Crippen LogP contribution is -2.15. The molecule has 2 aromatic carbocycles. The summed E-state index contributed by atoms with van der Waals surface area (Å²) in [6.45, 7) is 2.45. The zero-order chi connectivity index (χ0) is 17.3. The molecule has 0 atom stereocenters. The van der Waals surface area contributed by atoms with Crippen LogP contribution in [0, 0.1) is 0 Å². The zero-order valence-electron chi connectivity index (χ0n) is 14.6. The first-order valence-electron chi connectivity index (χ1n) is 9.15. The van der Waals surface area contributed by atoms with Crippen LogP contribution in [0.4, 0.5) is 0 Å². The van der Waals surface area contributed by atoms with Gasteiger partial charge in [0, 0.05) is 17.1 Å². The summed E-state index contributed by atoms with van der Waals surface area (Å²) in [4.78, 5) is 0. The molecule has 0 radical (unpaired) electrons. The van der Waals surface area contributed by atoms with Crippen molar-refractivity contribution < 1.29 is 4.74 Å². The average molecular weight is 356 g/mol. The molecule has 0 saturated heterocycles. The first kappa shape index (κ1) is 18.0. The van der Waals surface area contributed by atoms with Crippen molar-refractivity contribution in [3.63, 3.8) is 0 Å². The van der Waals surface area contributed by atoms with Crippen LogP contribution in [0.3, 0.4) is 0 Å². The van der Waals surface area contributed by atoms with Crippen LogP contribution in [0.15, 0.2) is 60.2 Å². The van der Waals surface area contributed by atoms with Crippen molar-refractivity contribution in [2.45, 2.75) is 45.3 Å². The SMILES string of the molecule is Clc1ccccc1COc1ccc(CNCCC2=CCCCC2)cc1. The quantitative estimate of drug-likeness (QED) is 0.470. The van der Waals surface area contributed by atoms with E-state index < -0.39 is 0 Å². The van der Waals surface area contributed by atoms with Crippen LogP contribution in [-0.2, 0) is 13.2 Å². The van der Waals surface area contributed by atoms with Gasteiger partial charge in [-0.05, 0) is 62.4 Å². The van der Waals surface area contributed by atoms with Gasteiger partial charge in [-0.3, -0.25) is 0 Å². The molecule has 0 aliphatic heterocycles. The Morgan fingerprint density at radius 2 is 1.84 bits per heavy atom. The van der Waals surface area contributed by atoms with E-state index in [4.69, 9.17) is 16.3 Å². The molecule has 1 aliphatic rings. The van der Waals surface area contributed by atoms with Gasteiger partial charge in [-0.1, -0.05) is 53.6 Å². The van der Waals surface area contributed by atoms with Gasteiger partial charge in [-0.2, -0.15) is 0 Å². The standard InChI is InChI=1S/C22H26ClNO/c23-22-9-5-4-8-20(22)17-25-21-12-10-19(11-13-21)16-24-15-14-18-6-2-1-3-7-18/h4-6,8-13,24H,1-3,7,14-17H2. The monoisotopic (exact) mass is 355 g/mol. The second kappa shape index (κ2) is 9.65. The molecule has 0 spiro atoms. The van der Waals surface area contributed by atoms with E-state index in [1.165, 1.54) is 37.7 Å². The predicted molar refractivity (Wildman–Crippen MR) is 105 cm³/mol. The third-order valence-electron chi connectivity index (χ3n) is 4.61. The number of benzene rings is 2. The van der Waals surface area contributed by atoms with Gasteiger partial charge in [-0.25, -0.2) is 0 Å². The highest BCUT2D eigenvalue weighted by atomic mass is 35.5. The highest BCUT2D eigenvalue weighted by Gasteiger charge is 2.03. The maximum absolute atomic E-state index is 6.15. The van der Waals surface area contributed by atoms with Crippen LogP contribution in [-0.4, -0.2) is 6.54 Å². The molecular weight excluding hydrogens is 330 g/mol. The Balaban J connectivity index is 1.39. The van der Waals surface area contributed by atoms with Crippen molar-refractivity contribution in [1.82, 2.24) is 5.32 Å². The van der Waals surface area contributed by atoms with E-state index >= 15 is 0 Å². The van der Waals surface area contributed by atoms with Gasteiger partial charge in [-0.15, -0.1) is 0 Å². The summed E-state index contributed by atoms with van der Waals surface area (Å²) < 4.78 is 5.82. The van der Waals surface area contributed by atoms with Gasteiger partial charge >= 0.3 is 0 Å². The molecule has 2 nitrogen and oxygen atoms in total. The van der Waals surface area contributed by atoms with Gasteiger partial charge in [0.1, 0.15) is 12.4 Å². The third-order valence-corrected chi connectivity index (χ3v) is 4.98. The number of rotatable bonds is 8. The largest absolute Gasteiger partial charge is 0.489 e. The number of allylic oxidation sites excluding steroid dienone is 1. The lowest BCUT2D eigenvalue weighted by Gasteiger charge is -2.13. The molecule has 1 N–H and O–H groups in total. The van der Waals surface area contributed by atoms with E-state index in [-0.39, 0.29) is 0 Å². The second-order valence-electron chi connectivity index (χ2n) is 6.56. The molecule has 25 heavy (non-hydrogen) atoms. The minimum atomic E-state index is 0.492. The summed E-state index contributed by atoms with van der Waals surface area (Å²) in [5.74, 6) is 0.871. The number of halogens is 1. The van der Waals surface area contributed by atoms with Crippen molar-refractivity contribution in [3.05, 3.63) is 76.3 Å². The van der Waals surface area contributed by atoms with Gasteiger partial charge in [0.2, 0.25) is 0 Å². The highest BCUT2D eigenvalue weighted by molar-refractivity contribution is 6.31. The normalized spacial score (nSPS) is 14.2. The molecule has 0 bridgehead atoms. The smallest absolute Gasteiger partial charge is 0.119 e. The van der Waals surface area contributed by atoms with Crippen LogP contribution in [0.25, 0.3) is 0 Å². The Bertz CT molecular complexity index is 693. The predicted octanol–water partition coefficient (Wildman–Crippen LogP) is 5.90. The summed E-state index contributed by atoms with van der Waals surface area (Å²) >= 11 is 6.15. The summed E-state index contributed by atoms with van der Waals surface area (Å²) in [5.41, 5.74) is 3.91. The number of hydrogen-bond donors (Lipinski definition) is 1. The Morgan fingerprint density at radius 1 is 1.00 bits per heavy atom. The van der Waals surface area contributed by atoms with Gasteiger partial charge in [0.05, 0.1) is 0 Å². The minimum Gasteiger partial charge on any atom is -0.489 e. The van der Waals surface area contributed by atoms with Crippen molar-refractivity contribution in [1.29, 1.82) is 0 Å². The highest BCUT2D eigenvalue weighted by Crippen LogP contribution is 2.20. The third kappa shape index (κ3) is 5.91. The van der Waals surface area contributed by atoms with E-state index in [2.05, 4.69) is 23.5 Å². The van der Waals surface area contributed by atoms with E-state index in [1.807, 2.05) is 36.4 Å². The molecule has 0 aromatic heterocycles. The Labute approximate surface area is 155 Å². The summed E-state index contributed by atoms with van der Waals surface area (Å²) in [7, 11) is 0. The van der Waals surface area contributed by atoms with E-state index in [1.54, 1.807) is 5.57 Å².